The predicted molar refractivity (Wildman–Crippen MR) is 76.8 cm³/mol. The van der Waals surface area contributed by atoms with Gasteiger partial charge in [0.25, 0.3) is 0 Å². The van der Waals surface area contributed by atoms with E-state index in [9.17, 15) is 17.6 Å². The number of halogens is 1. The summed E-state index contributed by atoms with van der Waals surface area (Å²) in [4.78, 5) is 11.8. The van der Waals surface area contributed by atoms with Crippen molar-refractivity contribution in [3.05, 3.63) is 29.6 Å². The minimum atomic E-state index is -3.96. The van der Waals surface area contributed by atoms with E-state index in [1.807, 2.05) is 6.92 Å². The summed E-state index contributed by atoms with van der Waals surface area (Å²) in [6, 6.07) is 3.37. The highest BCUT2D eigenvalue weighted by atomic mass is 32.2. The standard InChI is InChI=1S/C14H20FNO4S/c1-5-8-14(3,13(17)20-4)16-21(18,19)12-7-6-11(15)9-10(12)2/h6-7,9,16H,5,8H2,1-4H3. The molecule has 0 fully saturated rings. The van der Waals surface area contributed by atoms with Crippen LogP contribution < -0.4 is 4.72 Å². The number of ether oxygens (including phenoxy) is 1. The first-order chi connectivity index (χ1) is 9.66. The van der Waals surface area contributed by atoms with Gasteiger partial charge in [-0.25, -0.2) is 12.8 Å². The number of rotatable bonds is 6. The molecule has 1 atom stereocenters. The molecule has 1 N–H and O–H groups in total. The van der Waals surface area contributed by atoms with Gasteiger partial charge < -0.3 is 4.74 Å². The van der Waals surface area contributed by atoms with Gasteiger partial charge in [-0.3, -0.25) is 4.79 Å². The number of benzene rings is 1. The zero-order valence-electron chi connectivity index (χ0n) is 12.6. The maximum atomic E-state index is 13.1. The molecule has 0 radical (unpaired) electrons. The summed E-state index contributed by atoms with van der Waals surface area (Å²) in [7, 11) is -2.76. The number of sulfonamides is 1. The Bertz CT molecular complexity index is 630. The predicted octanol–water partition coefficient (Wildman–Crippen LogP) is 2.14. The molecular formula is C14H20FNO4S. The molecule has 0 spiro atoms. The van der Waals surface area contributed by atoms with Gasteiger partial charge in [0.05, 0.1) is 12.0 Å². The van der Waals surface area contributed by atoms with Gasteiger partial charge in [0.2, 0.25) is 10.0 Å². The van der Waals surface area contributed by atoms with Crippen LogP contribution in [-0.4, -0.2) is 27.0 Å². The lowest BCUT2D eigenvalue weighted by atomic mass is 9.98. The van der Waals surface area contributed by atoms with Crippen LogP contribution >= 0.6 is 0 Å². The third-order valence-corrected chi connectivity index (χ3v) is 4.93. The summed E-state index contributed by atoms with van der Waals surface area (Å²) >= 11 is 0. The van der Waals surface area contributed by atoms with E-state index < -0.39 is 27.3 Å². The topological polar surface area (TPSA) is 72.5 Å². The van der Waals surface area contributed by atoms with Crippen LogP contribution in [-0.2, 0) is 19.6 Å². The number of nitrogens with one attached hydrogen (secondary N) is 1. The van der Waals surface area contributed by atoms with E-state index in [1.165, 1.54) is 27.0 Å². The average molecular weight is 317 g/mol. The summed E-state index contributed by atoms with van der Waals surface area (Å²) in [6.45, 7) is 4.80. The van der Waals surface area contributed by atoms with Crippen molar-refractivity contribution in [3.8, 4) is 0 Å². The van der Waals surface area contributed by atoms with Gasteiger partial charge in [-0.05, 0) is 44.0 Å². The Morgan fingerprint density at radius 2 is 2.05 bits per heavy atom. The molecule has 1 rings (SSSR count). The second kappa shape index (κ2) is 6.53. The zero-order valence-corrected chi connectivity index (χ0v) is 13.4. The van der Waals surface area contributed by atoms with Crippen molar-refractivity contribution in [2.45, 2.75) is 44.0 Å². The molecular weight excluding hydrogens is 297 g/mol. The number of hydrogen-bond acceptors (Lipinski definition) is 4. The second-order valence-electron chi connectivity index (χ2n) is 5.09. The Labute approximate surface area is 124 Å². The van der Waals surface area contributed by atoms with Crippen molar-refractivity contribution in [1.82, 2.24) is 4.72 Å². The number of hydrogen-bond donors (Lipinski definition) is 1. The Kier molecular flexibility index (Phi) is 5.47. The minimum absolute atomic E-state index is 0.0601. The lowest BCUT2D eigenvalue weighted by Gasteiger charge is -2.27. The Morgan fingerprint density at radius 3 is 2.52 bits per heavy atom. The van der Waals surface area contributed by atoms with Crippen LogP contribution in [0.5, 0.6) is 0 Å². The Hall–Kier alpha value is -1.47. The number of aryl methyl sites for hydroxylation is 1. The fourth-order valence-corrected chi connectivity index (χ4v) is 3.80. The molecule has 0 saturated carbocycles. The van der Waals surface area contributed by atoms with Gasteiger partial charge in [0.1, 0.15) is 11.4 Å². The quantitative estimate of drug-likeness (QED) is 0.816. The molecule has 0 aromatic heterocycles. The lowest BCUT2D eigenvalue weighted by Crippen LogP contribution is -2.52. The molecule has 0 aliphatic heterocycles. The van der Waals surface area contributed by atoms with Crippen molar-refractivity contribution in [2.75, 3.05) is 7.11 Å². The molecule has 0 saturated heterocycles. The van der Waals surface area contributed by atoms with Gasteiger partial charge in [-0.1, -0.05) is 13.3 Å². The zero-order chi connectivity index (χ0) is 16.3. The molecule has 21 heavy (non-hydrogen) atoms. The maximum absolute atomic E-state index is 13.1. The van der Waals surface area contributed by atoms with E-state index >= 15 is 0 Å². The molecule has 5 nitrogen and oxygen atoms in total. The largest absolute Gasteiger partial charge is 0.468 e. The fraction of sp³-hybridized carbons (Fsp3) is 0.500. The summed E-state index contributed by atoms with van der Waals surface area (Å²) in [5.74, 6) is -1.18. The number of methoxy groups -OCH3 is 1. The molecule has 0 aliphatic carbocycles. The minimum Gasteiger partial charge on any atom is -0.468 e. The van der Waals surface area contributed by atoms with E-state index in [4.69, 9.17) is 0 Å². The molecule has 0 bridgehead atoms. The SMILES string of the molecule is CCCC(C)(NS(=O)(=O)c1ccc(F)cc1C)C(=O)OC. The normalized spacial score (nSPS) is 14.5. The molecule has 118 valence electrons. The second-order valence-corrected chi connectivity index (χ2v) is 6.74. The Morgan fingerprint density at radius 1 is 1.43 bits per heavy atom. The molecule has 1 aromatic carbocycles. The number of carbonyl (C=O) groups is 1. The summed E-state index contributed by atoms with van der Waals surface area (Å²) in [6.07, 6.45) is 0.885. The summed E-state index contributed by atoms with van der Waals surface area (Å²) in [5.41, 5.74) is -1.09. The Balaban J connectivity index is 3.21. The molecule has 1 aromatic rings. The number of carbonyl (C=O) groups excluding carboxylic acids is 1. The van der Waals surface area contributed by atoms with E-state index in [1.54, 1.807) is 0 Å². The monoisotopic (exact) mass is 317 g/mol. The van der Waals surface area contributed by atoms with Crippen molar-refractivity contribution in [1.29, 1.82) is 0 Å². The molecule has 0 heterocycles. The summed E-state index contributed by atoms with van der Waals surface area (Å²) < 4.78 is 45.0. The van der Waals surface area contributed by atoms with Crippen molar-refractivity contribution < 1.29 is 22.3 Å². The van der Waals surface area contributed by atoms with Gasteiger partial charge in [-0.15, -0.1) is 0 Å². The van der Waals surface area contributed by atoms with Crippen molar-refractivity contribution in [2.24, 2.45) is 0 Å². The highest BCUT2D eigenvalue weighted by Crippen LogP contribution is 2.21. The first-order valence-electron chi connectivity index (χ1n) is 6.55. The van der Waals surface area contributed by atoms with E-state index in [0.29, 0.717) is 12.8 Å². The van der Waals surface area contributed by atoms with Crippen LogP contribution in [0, 0.1) is 12.7 Å². The highest BCUT2D eigenvalue weighted by molar-refractivity contribution is 7.89. The highest BCUT2D eigenvalue weighted by Gasteiger charge is 2.38. The smallest absolute Gasteiger partial charge is 0.326 e. The van der Waals surface area contributed by atoms with Crippen molar-refractivity contribution in [3.63, 3.8) is 0 Å². The summed E-state index contributed by atoms with van der Waals surface area (Å²) in [5, 5.41) is 0. The molecule has 0 aliphatic rings. The first kappa shape index (κ1) is 17.6. The lowest BCUT2D eigenvalue weighted by molar-refractivity contribution is -0.147. The number of esters is 1. The van der Waals surface area contributed by atoms with Crippen LogP contribution in [0.15, 0.2) is 23.1 Å². The van der Waals surface area contributed by atoms with Crippen LogP contribution in [0.25, 0.3) is 0 Å². The van der Waals surface area contributed by atoms with E-state index in [-0.39, 0.29) is 10.5 Å². The average Bonchev–Trinajstić information content (AvgIpc) is 2.36. The molecule has 1 unspecified atom stereocenters. The van der Waals surface area contributed by atoms with Crippen LogP contribution in [0.2, 0.25) is 0 Å². The molecule has 7 heteroatoms. The van der Waals surface area contributed by atoms with Crippen molar-refractivity contribution >= 4 is 16.0 Å². The third-order valence-electron chi connectivity index (χ3n) is 3.17. The van der Waals surface area contributed by atoms with Crippen LogP contribution in [0.1, 0.15) is 32.3 Å². The van der Waals surface area contributed by atoms with Crippen LogP contribution in [0.4, 0.5) is 4.39 Å². The van der Waals surface area contributed by atoms with E-state index in [0.717, 1.165) is 12.1 Å². The fourth-order valence-electron chi connectivity index (χ4n) is 2.19. The van der Waals surface area contributed by atoms with Gasteiger partial charge in [0.15, 0.2) is 0 Å². The van der Waals surface area contributed by atoms with E-state index in [2.05, 4.69) is 9.46 Å². The van der Waals surface area contributed by atoms with Gasteiger partial charge >= 0.3 is 5.97 Å². The van der Waals surface area contributed by atoms with Crippen LogP contribution in [0.3, 0.4) is 0 Å². The maximum Gasteiger partial charge on any atom is 0.326 e. The third kappa shape index (κ3) is 4.01. The molecule has 0 amide bonds. The van der Waals surface area contributed by atoms with Gasteiger partial charge in [0, 0.05) is 0 Å². The first-order valence-corrected chi connectivity index (χ1v) is 8.03. The van der Waals surface area contributed by atoms with Gasteiger partial charge in [-0.2, -0.15) is 4.72 Å².